The molecule has 0 saturated carbocycles. The molecule has 0 unspecified atom stereocenters. The summed E-state index contributed by atoms with van der Waals surface area (Å²) in [4.78, 5) is 19.1. The van der Waals surface area contributed by atoms with Crippen LogP contribution in [0.2, 0.25) is 0 Å². The van der Waals surface area contributed by atoms with Crippen molar-refractivity contribution in [2.75, 3.05) is 13.1 Å². The Hall–Kier alpha value is -1.49. The molecule has 5 nitrogen and oxygen atoms in total. The van der Waals surface area contributed by atoms with Crippen molar-refractivity contribution < 1.29 is 4.79 Å². The number of nitrogens with two attached hydrogens (primary N) is 1. The van der Waals surface area contributed by atoms with Gasteiger partial charge in [-0.1, -0.05) is 0 Å². The summed E-state index contributed by atoms with van der Waals surface area (Å²) in [6.45, 7) is 2.66. The Bertz CT molecular complexity index is 300. The van der Waals surface area contributed by atoms with Crippen LogP contribution in [0.1, 0.15) is 16.1 Å². The second-order valence-corrected chi connectivity index (χ2v) is 2.57. The first-order valence-corrected chi connectivity index (χ1v) is 4.00. The van der Waals surface area contributed by atoms with Crippen LogP contribution in [0.3, 0.4) is 0 Å². The molecule has 0 aliphatic rings. The third-order valence-electron chi connectivity index (χ3n) is 1.59. The van der Waals surface area contributed by atoms with E-state index >= 15 is 0 Å². The summed E-state index contributed by atoms with van der Waals surface area (Å²) < 4.78 is 0. The Labute approximate surface area is 76.4 Å². The highest BCUT2D eigenvalue weighted by Gasteiger charge is 2.07. The van der Waals surface area contributed by atoms with E-state index in [1.54, 1.807) is 6.92 Å². The average molecular weight is 180 g/mol. The highest BCUT2D eigenvalue weighted by atomic mass is 16.1. The number of nitrogens with zero attached hydrogens (tertiary/aromatic N) is 2. The maximum absolute atomic E-state index is 11.4. The van der Waals surface area contributed by atoms with Crippen molar-refractivity contribution in [1.29, 1.82) is 0 Å². The van der Waals surface area contributed by atoms with Gasteiger partial charge in [0.25, 0.3) is 5.91 Å². The van der Waals surface area contributed by atoms with Gasteiger partial charge in [-0.15, -0.1) is 0 Å². The molecule has 1 aromatic rings. The van der Waals surface area contributed by atoms with Gasteiger partial charge >= 0.3 is 0 Å². The van der Waals surface area contributed by atoms with Gasteiger partial charge < -0.3 is 11.1 Å². The topological polar surface area (TPSA) is 80.9 Å². The summed E-state index contributed by atoms with van der Waals surface area (Å²) in [6, 6.07) is 0. The maximum atomic E-state index is 11.4. The van der Waals surface area contributed by atoms with Gasteiger partial charge in [-0.3, -0.25) is 4.79 Å². The number of carbonyl (C=O) groups is 1. The molecule has 5 heteroatoms. The molecule has 0 aliphatic carbocycles. The van der Waals surface area contributed by atoms with E-state index in [4.69, 9.17) is 5.73 Å². The van der Waals surface area contributed by atoms with E-state index in [-0.39, 0.29) is 5.91 Å². The Balaban J connectivity index is 2.71. The number of hydrogen-bond donors (Lipinski definition) is 2. The van der Waals surface area contributed by atoms with Crippen molar-refractivity contribution in [3.8, 4) is 0 Å². The van der Waals surface area contributed by atoms with Gasteiger partial charge in [0.2, 0.25) is 0 Å². The molecular weight excluding hydrogens is 168 g/mol. The predicted octanol–water partition coefficient (Wildman–Crippen LogP) is -0.526. The van der Waals surface area contributed by atoms with E-state index in [0.29, 0.717) is 24.3 Å². The van der Waals surface area contributed by atoms with Gasteiger partial charge in [0.05, 0.1) is 11.3 Å². The predicted molar refractivity (Wildman–Crippen MR) is 48.2 cm³/mol. The van der Waals surface area contributed by atoms with Crippen LogP contribution in [0.25, 0.3) is 0 Å². The van der Waals surface area contributed by atoms with E-state index in [1.165, 1.54) is 12.5 Å². The Morgan fingerprint density at radius 1 is 1.69 bits per heavy atom. The Morgan fingerprint density at radius 2 is 2.46 bits per heavy atom. The standard InChI is InChI=1S/C8H12N4O/c1-6-7(4-10-5-12-6)8(13)11-3-2-9/h4-5H,2-3,9H2,1H3,(H,11,13). The lowest BCUT2D eigenvalue weighted by Gasteiger charge is -2.04. The fourth-order valence-corrected chi connectivity index (χ4v) is 0.895. The largest absolute Gasteiger partial charge is 0.351 e. The third kappa shape index (κ3) is 2.48. The van der Waals surface area contributed by atoms with Gasteiger partial charge in [0.15, 0.2) is 0 Å². The summed E-state index contributed by atoms with van der Waals surface area (Å²) >= 11 is 0. The number of nitrogens with one attached hydrogen (secondary N) is 1. The normalized spacial score (nSPS) is 9.69. The summed E-state index contributed by atoms with van der Waals surface area (Å²) in [5.74, 6) is -0.177. The fourth-order valence-electron chi connectivity index (χ4n) is 0.895. The van der Waals surface area contributed by atoms with E-state index in [2.05, 4.69) is 15.3 Å². The number of hydrogen-bond acceptors (Lipinski definition) is 4. The minimum atomic E-state index is -0.177. The first kappa shape index (κ1) is 9.60. The zero-order chi connectivity index (χ0) is 9.68. The highest BCUT2D eigenvalue weighted by molar-refractivity contribution is 5.94. The third-order valence-corrected chi connectivity index (χ3v) is 1.59. The second-order valence-electron chi connectivity index (χ2n) is 2.57. The van der Waals surface area contributed by atoms with Crippen LogP contribution in [0.15, 0.2) is 12.5 Å². The molecule has 13 heavy (non-hydrogen) atoms. The first-order chi connectivity index (χ1) is 6.25. The lowest BCUT2D eigenvalue weighted by Crippen LogP contribution is -2.29. The van der Waals surface area contributed by atoms with Crippen molar-refractivity contribution in [1.82, 2.24) is 15.3 Å². The number of aryl methyl sites for hydroxylation is 1. The molecule has 0 saturated heterocycles. The zero-order valence-electron chi connectivity index (χ0n) is 7.45. The molecule has 1 aromatic heterocycles. The molecular formula is C8H12N4O. The average Bonchev–Trinajstić information content (AvgIpc) is 2.15. The molecule has 0 spiro atoms. The SMILES string of the molecule is Cc1ncncc1C(=O)NCCN. The lowest BCUT2D eigenvalue weighted by atomic mass is 10.2. The number of aromatic nitrogens is 2. The number of rotatable bonds is 3. The summed E-state index contributed by atoms with van der Waals surface area (Å²) in [5.41, 5.74) is 6.41. The van der Waals surface area contributed by atoms with Gasteiger partial charge in [-0.05, 0) is 6.92 Å². The van der Waals surface area contributed by atoms with Crippen molar-refractivity contribution in [2.24, 2.45) is 5.73 Å². The first-order valence-electron chi connectivity index (χ1n) is 4.00. The van der Waals surface area contributed by atoms with Crippen LogP contribution in [-0.2, 0) is 0 Å². The Kier molecular flexibility index (Phi) is 3.33. The molecule has 0 atom stereocenters. The van der Waals surface area contributed by atoms with Gasteiger partial charge in [-0.2, -0.15) is 0 Å². The van der Waals surface area contributed by atoms with E-state index in [9.17, 15) is 4.79 Å². The monoisotopic (exact) mass is 180 g/mol. The molecule has 70 valence electrons. The molecule has 0 aromatic carbocycles. The summed E-state index contributed by atoms with van der Waals surface area (Å²) in [6.07, 6.45) is 2.91. The second kappa shape index (κ2) is 4.51. The number of amides is 1. The van der Waals surface area contributed by atoms with E-state index in [0.717, 1.165) is 0 Å². The lowest BCUT2D eigenvalue weighted by molar-refractivity contribution is 0.0953. The smallest absolute Gasteiger partial charge is 0.254 e. The van der Waals surface area contributed by atoms with Crippen LogP contribution in [0.5, 0.6) is 0 Å². The van der Waals surface area contributed by atoms with Crippen molar-refractivity contribution >= 4 is 5.91 Å². The Morgan fingerprint density at radius 3 is 3.08 bits per heavy atom. The van der Waals surface area contributed by atoms with Crippen molar-refractivity contribution in [3.05, 3.63) is 23.8 Å². The van der Waals surface area contributed by atoms with E-state index in [1.807, 2.05) is 0 Å². The molecule has 0 radical (unpaired) electrons. The van der Waals surface area contributed by atoms with Gasteiger partial charge in [0, 0.05) is 19.3 Å². The molecule has 0 fully saturated rings. The molecule has 1 heterocycles. The van der Waals surface area contributed by atoms with Crippen LogP contribution < -0.4 is 11.1 Å². The minimum Gasteiger partial charge on any atom is -0.351 e. The van der Waals surface area contributed by atoms with E-state index < -0.39 is 0 Å². The molecule has 1 rings (SSSR count). The van der Waals surface area contributed by atoms with Crippen LogP contribution in [0, 0.1) is 6.92 Å². The van der Waals surface area contributed by atoms with Crippen molar-refractivity contribution in [3.63, 3.8) is 0 Å². The molecule has 3 N–H and O–H groups in total. The minimum absolute atomic E-state index is 0.177. The number of carbonyl (C=O) groups excluding carboxylic acids is 1. The highest BCUT2D eigenvalue weighted by Crippen LogP contribution is 2.00. The molecule has 0 aliphatic heterocycles. The summed E-state index contributed by atoms with van der Waals surface area (Å²) in [7, 11) is 0. The molecule has 1 amide bonds. The van der Waals surface area contributed by atoms with Crippen LogP contribution in [0.4, 0.5) is 0 Å². The van der Waals surface area contributed by atoms with Crippen LogP contribution in [-0.4, -0.2) is 29.0 Å². The summed E-state index contributed by atoms with van der Waals surface area (Å²) in [5, 5.41) is 2.65. The maximum Gasteiger partial charge on any atom is 0.254 e. The van der Waals surface area contributed by atoms with Gasteiger partial charge in [-0.25, -0.2) is 9.97 Å². The quantitative estimate of drug-likeness (QED) is 0.655. The molecule has 0 bridgehead atoms. The van der Waals surface area contributed by atoms with Gasteiger partial charge in [0.1, 0.15) is 6.33 Å². The van der Waals surface area contributed by atoms with Crippen LogP contribution >= 0.6 is 0 Å². The zero-order valence-corrected chi connectivity index (χ0v) is 7.45. The fraction of sp³-hybridized carbons (Fsp3) is 0.375. The van der Waals surface area contributed by atoms with Crippen molar-refractivity contribution in [2.45, 2.75) is 6.92 Å².